The molecule has 5 aromatic carbocycles. The number of esters is 1. The number of hydrogen-bond donors (Lipinski definition) is 11. The molecule has 0 aliphatic carbocycles. The first-order valence-electron chi connectivity index (χ1n) is 15.4. The van der Waals surface area contributed by atoms with Crippen molar-refractivity contribution in [3.8, 4) is 69.0 Å². The molecule has 16 heteroatoms. The molecule has 0 amide bonds. The van der Waals surface area contributed by atoms with Gasteiger partial charge in [-0.1, -0.05) is 0 Å². The lowest BCUT2D eigenvalue weighted by atomic mass is 9.90. The highest BCUT2D eigenvalue weighted by atomic mass is 16.5. The number of fused-ring (bicyclic) bond motifs is 3. The van der Waals surface area contributed by atoms with Crippen molar-refractivity contribution in [2.24, 2.45) is 0 Å². The molecule has 0 saturated carbocycles. The third-order valence-corrected chi connectivity index (χ3v) is 8.93. The van der Waals surface area contributed by atoms with Gasteiger partial charge < -0.3 is 70.4 Å². The van der Waals surface area contributed by atoms with Gasteiger partial charge in [0.2, 0.25) is 5.43 Å². The number of aliphatic hydroxyl groups is 2. The molecule has 2 aliphatic rings. The average Bonchev–Trinajstić information content (AvgIpc) is 3.20. The lowest BCUT2D eigenvalue weighted by Crippen LogP contribution is -2.31. The molecule has 268 valence electrons. The van der Waals surface area contributed by atoms with Crippen molar-refractivity contribution in [1.29, 1.82) is 0 Å². The molecule has 5 aromatic rings. The highest BCUT2D eigenvalue weighted by Gasteiger charge is 2.37. The predicted molar refractivity (Wildman–Crippen MR) is 176 cm³/mol. The highest BCUT2D eigenvalue weighted by molar-refractivity contribution is 6.00. The van der Waals surface area contributed by atoms with Crippen LogP contribution in [0.25, 0.3) is 10.8 Å². The Bertz CT molecular complexity index is 2370. The van der Waals surface area contributed by atoms with Crippen molar-refractivity contribution in [3.05, 3.63) is 92.6 Å². The van der Waals surface area contributed by atoms with Crippen LogP contribution in [0.1, 0.15) is 44.8 Å². The van der Waals surface area contributed by atoms with Crippen LogP contribution in [0.2, 0.25) is 0 Å². The number of carbonyl (C=O) groups excluding carboxylic acids is 1. The van der Waals surface area contributed by atoms with Crippen LogP contribution in [0, 0.1) is 0 Å². The monoisotopic (exact) mass is 716 g/mol. The number of carbonyl (C=O) groups is 1. The number of phenols is 8. The van der Waals surface area contributed by atoms with Gasteiger partial charge >= 0.3 is 5.97 Å². The lowest BCUT2D eigenvalue weighted by molar-refractivity contribution is 0.0193. The zero-order valence-electron chi connectivity index (χ0n) is 26.4. The maximum atomic E-state index is 13.5. The van der Waals surface area contributed by atoms with Gasteiger partial charge in [-0.3, -0.25) is 4.79 Å². The molecule has 16 nitrogen and oxygen atoms in total. The van der Waals surface area contributed by atoms with E-state index in [2.05, 4.69) is 0 Å². The molecule has 7 rings (SSSR count). The van der Waals surface area contributed by atoms with Crippen LogP contribution in [0.4, 0.5) is 0 Å². The van der Waals surface area contributed by atoms with Gasteiger partial charge in [-0.05, 0) is 41.3 Å². The van der Waals surface area contributed by atoms with Crippen LogP contribution < -0.4 is 19.6 Å². The van der Waals surface area contributed by atoms with Crippen molar-refractivity contribution >= 4 is 16.7 Å². The Morgan fingerprint density at radius 1 is 0.615 bits per heavy atom. The Balaban J connectivity index is 1.44. The summed E-state index contributed by atoms with van der Waals surface area (Å²) >= 11 is 0. The Labute approximate surface area is 290 Å². The Morgan fingerprint density at radius 3 is 1.73 bits per heavy atom. The molecule has 0 bridgehead atoms. The number of benzene rings is 4. The fourth-order valence-corrected chi connectivity index (χ4v) is 6.46. The molecule has 0 unspecified atom stereocenters. The summed E-state index contributed by atoms with van der Waals surface area (Å²) in [6.45, 7) is 0. The second-order valence-electron chi connectivity index (χ2n) is 12.4. The van der Waals surface area contributed by atoms with E-state index in [0.29, 0.717) is 0 Å². The fourth-order valence-electron chi connectivity index (χ4n) is 6.46. The summed E-state index contributed by atoms with van der Waals surface area (Å²) in [6, 6.07) is 9.12. The van der Waals surface area contributed by atoms with Gasteiger partial charge in [-0.15, -0.1) is 0 Å². The zero-order valence-corrected chi connectivity index (χ0v) is 26.4. The first-order valence-corrected chi connectivity index (χ1v) is 15.4. The molecule has 0 spiro atoms. The maximum Gasteiger partial charge on any atom is 0.343 e. The molecule has 4 atom stereocenters. The van der Waals surface area contributed by atoms with E-state index in [1.165, 1.54) is 12.1 Å². The van der Waals surface area contributed by atoms with E-state index in [1.807, 2.05) is 0 Å². The summed E-state index contributed by atoms with van der Waals surface area (Å²) in [5, 5.41) is 115. The van der Waals surface area contributed by atoms with Gasteiger partial charge in [0, 0.05) is 53.8 Å². The van der Waals surface area contributed by atoms with Crippen molar-refractivity contribution in [2.45, 2.75) is 37.3 Å². The fraction of sp³-hybridized carbons (Fsp3) is 0.167. The zero-order chi connectivity index (χ0) is 37.3. The molecule has 52 heavy (non-hydrogen) atoms. The molecule has 2 heterocycles. The van der Waals surface area contributed by atoms with E-state index in [-0.39, 0.29) is 75.0 Å². The molecule has 0 aromatic heterocycles. The summed E-state index contributed by atoms with van der Waals surface area (Å²) in [4.78, 5) is 26.7. The Morgan fingerprint density at radius 2 is 1.15 bits per heavy atom. The standard InChI is InChI=1S/C36H28O16/c37-14-5-20(39)18-9-25(44)34(50-27(18)7-14)12-1-16-17(35-26(45)10-19-21(40)6-15(38)8-28(19)51-35)11-29(33(48)30(16)32(47)24(43)2-12)52-36(49)13-3-22(41)31(46)23(42)4-13/h1-8,11,25-26,34-35,37-42,44-46,48H,9-10H2,(H,43,47)/t25-,26-,34-,35-/m1/s1. The topological polar surface area (TPSA) is 284 Å². The summed E-state index contributed by atoms with van der Waals surface area (Å²) in [5.74, 6) is -8.33. The average molecular weight is 717 g/mol. The smallest absolute Gasteiger partial charge is 0.343 e. The normalized spacial score (nSPS) is 19.2. The van der Waals surface area contributed by atoms with Crippen molar-refractivity contribution in [3.63, 3.8) is 0 Å². The van der Waals surface area contributed by atoms with Crippen molar-refractivity contribution < 1.29 is 75.2 Å². The van der Waals surface area contributed by atoms with Crippen LogP contribution in [-0.4, -0.2) is 74.3 Å². The molecule has 0 fully saturated rings. The second kappa shape index (κ2) is 12.2. The van der Waals surface area contributed by atoms with E-state index in [1.54, 1.807) is 0 Å². The van der Waals surface area contributed by atoms with Gasteiger partial charge in [-0.2, -0.15) is 0 Å². The minimum Gasteiger partial charge on any atom is -0.508 e. The predicted octanol–water partition coefficient (Wildman–Crippen LogP) is 2.84. The van der Waals surface area contributed by atoms with Crippen LogP contribution >= 0.6 is 0 Å². The highest BCUT2D eigenvalue weighted by Crippen LogP contribution is 2.49. The van der Waals surface area contributed by atoms with E-state index < -0.39 is 81.3 Å². The molecular weight excluding hydrogens is 688 g/mol. The van der Waals surface area contributed by atoms with Crippen LogP contribution in [0.15, 0.2) is 59.4 Å². The van der Waals surface area contributed by atoms with Gasteiger partial charge in [0.15, 0.2) is 40.6 Å². The van der Waals surface area contributed by atoms with Gasteiger partial charge in [-0.25, -0.2) is 4.79 Å². The number of aromatic hydroxyl groups is 9. The molecule has 11 N–H and O–H groups in total. The lowest BCUT2D eigenvalue weighted by Gasteiger charge is -2.32. The van der Waals surface area contributed by atoms with E-state index in [9.17, 15) is 65.8 Å². The molecule has 0 saturated heterocycles. The SMILES string of the molecule is O=C(Oc1cc([C@H]2Oc3cc(O)cc(O)c3C[C@H]2O)c2cc([C@H]3Oc4cc(O)cc(O)c4C[C@H]3O)cc(=O)c(O)c2c1O)c1cc(O)c(O)c(O)c1. The van der Waals surface area contributed by atoms with Gasteiger partial charge in [0.25, 0.3) is 0 Å². The van der Waals surface area contributed by atoms with Crippen LogP contribution in [0.5, 0.6) is 69.0 Å². The minimum absolute atomic E-state index is 0.0221. The first kappa shape index (κ1) is 33.7. The third kappa shape index (κ3) is 5.61. The second-order valence-corrected chi connectivity index (χ2v) is 12.4. The van der Waals surface area contributed by atoms with E-state index >= 15 is 0 Å². The minimum atomic E-state index is -1.50. The number of rotatable bonds is 4. The molecular formula is C36H28O16. The number of phenolic OH excluding ortho intramolecular Hbond substituents is 8. The third-order valence-electron chi connectivity index (χ3n) is 8.93. The van der Waals surface area contributed by atoms with Crippen molar-refractivity contribution in [2.75, 3.05) is 0 Å². The summed E-state index contributed by atoms with van der Waals surface area (Å²) in [5.41, 5.74) is -1.55. The Kier molecular flexibility index (Phi) is 7.92. The Hall–Kier alpha value is -6.78. The first-order chi connectivity index (χ1) is 24.6. The van der Waals surface area contributed by atoms with Crippen molar-refractivity contribution in [1.82, 2.24) is 0 Å². The van der Waals surface area contributed by atoms with Gasteiger partial charge in [0.05, 0.1) is 23.2 Å². The quantitative estimate of drug-likeness (QED) is 0.0724. The van der Waals surface area contributed by atoms with Crippen LogP contribution in [-0.2, 0) is 12.8 Å². The molecule has 0 radical (unpaired) electrons. The summed E-state index contributed by atoms with van der Waals surface area (Å²) in [7, 11) is 0. The van der Waals surface area contributed by atoms with E-state index in [4.69, 9.17) is 14.2 Å². The van der Waals surface area contributed by atoms with Gasteiger partial charge in [0.1, 0.15) is 40.6 Å². The maximum absolute atomic E-state index is 13.5. The van der Waals surface area contributed by atoms with Crippen LogP contribution in [0.3, 0.4) is 0 Å². The molecule has 2 aliphatic heterocycles. The summed E-state index contributed by atoms with van der Waals surface area (Å²) < 4.78 is 17.3. The number of hydrogen-bond acceptors (Lipinski definition) is 16. The van der Waals surface area contributed by atoms with E-state index in [0.717, 1.165) is 42.5 Å². The summed E-state index contributed by atoms with van der Waals surface area (Å²) in [6.07, 6.45) is -6.21. The number of aliphatic hydroxyl groups excluding tert-OH is 2. The largest absolute Gasteiger partial charge is 0.508 e. The number of ether oxygens (including phenoxy) is 3.